The average molecular weight is 250 g/mol. The normalized spacial score (nSPS) is 13.7. The standard InChI is InChI=1S/C13H18N2O3/c1-2-6-10(13(17)18)15-12(16)11(14)9-7-4-3-5-8-9/h3-5,7-8,10-11H,2,6,14H2,1H3,(H,15,16)(H,17,18). The van der Waals surface area contributed by atoms with Gasteiger partial charge in [0, 0.05) is 0 Å². The lowest BCUT2D eigenvalue weighted by Crippen LogP contribution is -2.44. The summed E-state index contributed by atoms with van der Waals surface area (Å²) < 4.78 is 0. The van der Waals surface area contributed by atoms with Crippen molar-refractivity contribution >= 4 is 11.9 Å². The molecule has 18 heavy (non-hydrogen) atoms. The van der Waals surface area contributed by atoms with Crippen LogP contribution in [0.3, 0.4) is 0 Å². The fourth-order valence-electron chi connectivity index (χ4n) is 1.62. The molecule has 0 radical (unpaired) electrons. The smallest absolute Gasteiger partial charge is 0.326 e. The van der Waals surface area contributed by atoms with Gasteiger partial charge in [0.2, 0.25) is 5.91 Å². The van der Waals surface area contributed by atoms with Crippen LogP contribution in [-0.2, 0) is 9.59 Å². The minimum Gasteiger partial charge on any atom is -0.480 e. The highest BCUT2D eigenvalue weighted by Crippen LogP contribution is 2.10. The number of carboxylic acids is 1. The van der Waals surface area contributed by atoms with E-state index in [0.717, 1.165) is 0 Å². The molecule has 4 N–H and O–H groups in total. The van der Waals surface area contributed by atoms with Gasteiger partial charge in [-0.3, -0.25) is 4.79 Å². The number of hydrogen-bond acceptors (Lipinski definition) is 3. The molecule has 0 heterocycles. The quantitative estimate of drug-likeness (QED) is 0.703. The summed E-state index contributed by atoms with van der Waals surface area (Å²) in [7, 11) is 0. The Kier molecular flexibility index (Phi) is 5.32. The van der Waals surface area contributed by atoms with E-state index < -0.39 is 24.0 Å². The lowest BCUT2D eigenvalue weighted by atomic mass is 10.1. The van der Waals surface area contributed by atoms with Gasteiger partial charge in [0.05, 0.1) is 0 Å². The third kappa shape index (κ3) is 3.85. The minimum absolute atomic E-state index is 0.391. The van der Waals surface area contributed by atoms with Crippen LogP contribution in [0.15, 0.2) is 30.3 Å². The Hall–Kier alpha value is -1.88. The highest BCUT2D eigenvalue weighted by atomic mass is 16.4. The van der Waals surface area contributed by atoms with E-state index in [1.54, 1.807) is 24.3 Å². The van der Waals surface area contributed by atoms with Crippen molar-refractivity contribution in [2.45, 2.75) is 31.8 Å². The molecule has 0 saturated carbocycles. The van der Waals surface area contributed by atoms with Crippen molar-refractivity contribution in [3.8, 4) is 0 Å². The second-order valence-corrected chi connectivity index (χ2v) is 4.08. The van der Waals surface area contributed by atoms with E-state index in [1.165, 1.54) is 0 Å². The van der Waals surface area contributed by atoms with Crippen LogP contribution in [0.25, 0.3) is 0 Å². The summed E-state index contributed by atoms with van der Waals surface area (Å²) in [4.78, 5) is 22.8. The third-order valence-corrected chi connectivity index (χ3v) is 2.63. The topological polar surface area (TPSA) is 92.4 Å². The van der Waals surface area contributed by atoms with Crippen LogP contribution in [-0.4, -0.2) is 23.0 Å². The number of nitrogens with one attached hydrogen (secondary N) is 1. The molecule has 0 bridgehead atoms. The van der Waals surface area contributed by atoms with Gasteiger partial charge in [0.15, 0.2) is 0 Å². The highest BCUT2D eigenvalue weighted by Gasteiger charge is 2.23. The predicted octanol–water partition coefficient (Wildman–Crippen LogP) is 1.06. The van der Waals surface area contributed by atoms with E-state index >= 15 is 0 Å². The third-order valence-electron chi connectivity index (χ3n) is 2.63. The Morgan fingerprint density at radius 3 is 2.44 bits per heavy atom. The summed E-state index contributed by atoms with van der Waals surface area (Å²) in [5.41, 5.74) is 6.44. The van der Waals surface area contributed by atoms with E-state index in [1.807, 2.05) is 13.0 Å². The summed E-state index contributed by atoms with van der Waals surface area (Å²) in [6, 6.07) is 7.14. The molecule has 1 aromatic rings. The summed E-state index contributed by atoms with van der Waals surface area (Å²) in [6.45, 7) is 1.86. The van der Waals surface area contributed by atoms with E-state index in [9.17, 15) is 9.59 Å². The lowest BCUT2D eigenvalue weighted by Gasteiger charge is -2.17. The number of carbonyl (C=O) groups excluding carboxylic acids is 1. The van der Waals surface area contributed by atoms with Crippen molar-refractivity contribution in [3.63, 3.8) is 0 Å². The van der Waals surface area contributed by atoms with Gasteiger partial charge in [-0.1, -0.05) is 43.7 Å². The Balaban J connectivity index is 2.67. The number of nitrogens with two attached hydrogens (primary N) is 1. The number of carboxylic acid groups (broad SMARTS) is 1. The molecule has 0 aliphatic heterocycles. The van der Waals surface area contributed by atoms with Crippen LogP contribution < -0.4 is 11.1 Å². The van der Waals surface area contributed by atoms with Crippen molar-refractivity contribution in [1.82, 2.24) is 5.32 Å². The molecule has 2 unspecified atom stereocenters. The summed E-state index contributed by atoms with van der Waals surface area (Å²) >= 11 is 0. The van der Waals surface area contributed by atoms with Gasteiger partial charge < -0.3 is 16.2 Å². The van der Waals surface area contributed by atoms with Crippen LogP contribution in [0, 0.1) is 0 Å². The van der Waals surface area contributed by atoms with Crippen LogP contribution in [0.5, 0.6) is 0 Å². The maximum atomic E-state index is 11.8. The van der Waals surface area contributed by atoms with Crippen molar-refractivity contribution in [2.75, 3.05) is 0 Å². The van der Waals surface area contributed by atoms with Crippen molar-refractivity contribution in [3.05, 3.63) is 35.9 Å². The predicted molar refractivity (Wildman–Crippen MR) is 67.8 cm³/mol. The van der Waals surface area contributed by atoms with E-state index in [0.29, 0.717) is 18.4 Å². The van der Waals surface area contributed by atoms with Crippen LogP contribution in [0.2, 0.25) is 0 Å². The highest BCUT2D eigenvalue weighted by molar-refractivity contribution is 5.87. The van der Waals surface area contributed by atoms with Gasteiger partial charge in [-0.15, -0.1) is 0 Å². The Bertz CT molecular complexity index is 406. The van der Waals surface area contributed by atoms with Gasteiger partial charge in [-0.2, -0.15) is 0 Å². The summed E-state index contributed by atoms with van der Waals surface area (Å²) in [6.07, 6.45) is 1.07. The van der Waals surface area contributed by atoms with Crippen LogP contribution in [0.4, 0.5) is 0 Å². The maximum absolute atomic E-state index is 11.8. The van der Waals surface area contributed by atoms with Crippen molar-refractivity contribution in [2.24, 2.45) is 5.73 Å². The first-order valence-electron chi connectivity index (χ1n) is 5.90. The van der Waals surface area contributed by atoms with E-state index in [-0.39, 0.29) is 0 Å². The van der Waals surface area contributed by atoms with Crippen molar-refractivity contribution in [1.29, 1.82) is 0 Å². The second-order valence-electron chi connectivity index (χ2n) is 4.08. The molecule has 1 amide bonds. The molecular formula is C13H18N2O3. The van der Waals surface area contributed by atoms with E-state index in [2.05, 4.69) is 5.32 Å². The van der Waals surface area contributed by atoms with Gasteiger partial charge in [-0.05, 0) is 12.0 Å². The zero-order valence-electron chi connectivity index (χ0n) is 10.3. The number of hydrogen-bond donors (Lipinski definition) is 3. The number of benzene rings is 1. The average Bonchev–Trinajstić information content (AvgIpc) is 2.38. The molecule has 0 spiro atoms. The van der Waals surface area contributed by atoms with Gasteiger partial charge in [-0.25, -0.2) is 4.79 Å². The Labute approximate surface area is 106 Å². The first-order chi connectivity index (χ1) is 8.56. The molecule has 5 nitrogen and oxygen atoms in total. The molecule has 0 saturated heterocycles. The molecule has 0 aromatic heterocycles. The molecule has 0 aliphatic rings. The minimum atomic E-state index is -1.04. The Morgan fingerprint density at radius 2 is 1.94 bits per heavy atom. The fourth-order valence-corrected chi connectivity index (χ4v) is 1.62. The largest absolute Gasteiger partial charge is 0.480 e. The van der Waals surface area contributed by atoms with Gasteiger partial charge in [0.1, 0.15) is 12.1 Å². The van der Waals surface area contributed by atoms with Crippen molar-refractivity contribution < 1.29 is 14.7 Å². The van der Waals surface area contributed by atoms with Crippen LogP contribution >= 0.6 is 0 Å². The number of aliphatic carboxylic acids is 1. The fraction of sp³-hybridized carbons (Fsp3) is 0.385. The van der Waals surface area contributed by atoms with E-state index in [4.69, 9.17) is 10.8 Å². The number of carbonyl (C=O) groups is 2. The molecule has 98 valence electrons. The summed E-state index contributed by atoms with van der Waals surface area (Å²) in [5.74, 6) is -1.51. The molecule has 2 atom stereocenters. The van der Waals surface area contributed by atoms with Gasteiger partial charge in [0.25, 0.3) is 0 Å². The SMILES string of the molecule is CCCC(NC(=O)C(N)c1ccccc1)C(=O)O. The summed E-state index contributed by atoms with van der Waals surface area (Å²) in [5, 5.41) is 11.4. The first kappa shape index (κ1) is 14.2. The molecular weight excluding hydrogens is 232 g/mol. The zero-order chi connectivity index (χ0) is 13.5. The molecule has 5 heteroatoms. The lowest BCUT2D eigenvalue weighted by molar-refractivity contribution is -0.142. The Morgan fingerprint density at radius 1 is 1.33 bits per heavy atom. The number of amides is 1. The molecule has 1 aromatic carbocycles. The second kappa shape index (κ2) is 6.76. The molecule has 1 rings (SSSR count). The van der Waals surface area contributed by atoms with Crippen LogP contribution in [0.1, 0.15) is 31.4 Å². The molecule has 0 aliphatic carbocycles. The first-order valence-corrected chi connectivity index (χ1v) is 5.90. The maximum Gasteiger partial charge on any atom is 0.326 e. The molecule has 0 fully saturated rings. The van der Waals surface area contributed by atoms with Gasteiger partial charge >= 0.3 is 5.97 Å². The monoisotopic (exact) mass is 250 g/mol. The number of rotatable bonds is 6. The zero-order valence-corrected chi connectivity index (χ0v) is 10.3.